The fourth-order valence-electron chi connectivity index (χ4n) is 3.56. The van der Waals surface area contributed by atoms with Crippen LogP contribution in [0.3, 0.4) is 0 Å². The number of carbonyl (C=O) groups is 1. The lowest BCUT2D eigenvalue weighted by Gasteiger charge is -2.20. The van der Waals surface area contributed by atoms with Gasteiger partial charge in [-0.15, -0.1) is 0 Å². The highest BCUT2D eigenvalue weighted by atomic mass is 16.1. The second kappa shape index (κ2) is 5.79. The number of aromatic nitrogens is 2. The van der Waals surface area contributed by atoms with Crippen LogP contribution in [-0.4, -0.2) is 35.3 Å². The van der Waals surface area contributed by atoms with Crippen molar-refractivity contribution in [2.75, 3.05) is 19.6 Å². The summed E-state index contributed by atoms with van der Waals surface area (Å²) in [4.78, 5) is 12.5. The van der Waals surface area contributed by atoms with Crippen molar-refractivity contribution in [3.8, 4) is 0 Å². The SMILES string of the molecule is CCCC1(CNC(=O)[C@H]2CNC[C@@H]2c2cnn(C)c2)CC1. The summed E-state index contributed by atoms with van der Waals surface area (Å²) in [5.41, 5.74) is 1.58. The van der Waals surface area contributed by atoms with E-state index in [-0.39, 0.29) is 17.7 Å². The smallest absolute Gasteiger partial charge is 0.225 e. The van der Waals surface area contributed by atoms with Crippen LogP contribution in [0.1, 0.15) is 44.1 Å². The summed E-state index contributed by atoms with van der Waals surface area (Å²) in [6.45, 7) is 4.72. The summed E-state index contributed by atoms with van der Waals surface area (Å²) < 4.78 is 1.81. The van der Waals surface area contributed by atoms with Gasteiger partial charge in [-0.25, -0.2) is 0 Å². The third-order valence-corrected chi connectivity index (χ3v) is 5.08. The van der Waals surface area contributed by atoms with E-state index in [4.69, 9.17) is 0 Å². The van der Waals surface area contributed by atoms with Gasteiger partial charge in [0.05, 0.1) is 12.1 Å². The van der Waals surface area contributed by atoms with Crippen LogP contribution in [0.2, 0.25) is 0 Å². The highest BCUT2D eigenvalue weighted by Crippen LogP contribution is 2.49. The molecule has 2 N–H and O–H groups in total. The van der Waals surface area contributed by atoms with E-state index in [0.29, 0.717) is 5.41 Å². The first kappa shape index (κ1) is 14.6. The fraction of sp³-hybridized carbons (Fsp3) is 0.750. The average Bonchev–Trinajstić information content (AvgIpc) is 2.89. The molecule has 116 valence electrons. The van der Waals surface area contributed by atoms with Crippen LogP contribution < -0.4 is 10.6 Å². The molecule has 21 heavy (non-hydrogen) atoms. The van der Waals surface area contributed by atoms with Crippen molar-refractivity contribution in [3.05, 3.63) is 18.0 Å². The Morgan fingerprint density at radius 2 is 2.33 bits per heavy atom. The zero-order valence-electron chi connectivity index (χ0n) is 13.1. The average molecular weight is 290 g/mol. The summed E-state index contributed by atoms with van der Waals surface area (Å²) in [5, 5.41) is 10.8. The van der Waals surface area contributed by atoms with E-state index in [1.165, 1.54) is 25.7 Å². The minimum atomic E-state index is 0.0339. The van der Waals surface area contributed by atoms with Crippen LogP contribution >= 0.6 is 0 Å². The predicted molar refractivity (Wildman–Crippen MR) is 81.9 cm³/mol. The number of hydrogen-bond donors (Lipinski definition) is 2. The second-order valence-electron chi connectivity index (χ2n) is 6.79. The summed E-state index contributed by atoms with van der Waals surface area (Å²) in [5.74, 6) is 0.489. The van der Waals surface area contributed by atoms with Gasteiger partial charge in [0.2, 0.25) is 5.91 Å². The molecule has 3 rings (SSSR count). The molecule has 1 aliphatic heterocycles. The normalized spacial score (nSPS) is 26.8. The number of nitrogens with one attached hydrogen (secondary N) is 2. The van der Waals surface area contributed by atoms with Gasteiger partial charge in [-0.1, -0.05) is 13.3 Å². The van der Waals surface area contributed by atoms with Crippen LogP contribution in [0.25, 0.3) is 0 Å². The van der Waals surface area contributed by atoms with E-state index >= 15 is 0 Å². The molecule has 1 aromatic heterocycles. The van der Waals surface area contributed by atoms with Crippen molar-refractivity contribution in [3.63, 3.8) is 0 Å². The van der Waals surface area contributed by atoms with Crippen LogP contribution in [0.15, 0.2) is 12.4 Å². The zero-order chi connectivity index (χ0) is 14.9. The van der Waals surface area contributed by atoms with E-state index in [2.05, 4.69) is 22.7 Å². The Balaban J connectivity index is 1.58. The summed E-state index contributed by atoms with van der Waals surface area (Å²) in [7, 11) is 1.92. The molecule has 2 aliphatic rings. The quantitative estimate of drug-likeness (QED) is 0.833. The first-order valence-corrected chi connectivity index (χ1v) is 8.10. The molecule has 5 nitrogen and oxygen atoms in total. The fourth-order valence-corrected chi connectivity index (χ4v) is 3.56. The van der Waals surface area contributed by atoms with Crippen molar-refractivity contribution in [2.45, 2.75) is 38.5 Å². The number of carbonyl (C=O) groups excluding carboxylic acids is 1. The number of hydrogen-bond acceptors (Lipinski definition) is 3. The maximum atomic E-state index is 12.5. The van der Waals surface area contributed by atoms with E-state index in [1.54, 1.807) is 0 Å². The predicted octanol–water partition coefficient (Wildman–Crippen LogP) is 1.42. The Morgan fingerprint density at radius 1 is 1.52 bits per heavy atom. The number of amides is 1. The monoisotopic (exact) mass is 290 g/mol. The van der Waals surface area contributed by atoms with E-state index < -0.39 is 0 Å². The Bertz CT molecular complexity index is 506. The molecule has 0 spiro atoms. The lowest BCUT2D eigenvalue weighted by molar-refractivity contribution is -0.125. The Kier molecular flexibility index (Phi) is 4.02. The molecule has 1 aromatic rings. The lowest BCUT2D eigenvalue weighted by Crippen LogP contribution is -2.37. The summed E-state index contributed by atoms with van der Waals surface area (Å²) in [6, 6.07) is 0. The van der Waals surface area contributed by atoms with Crippen LogP contribution in [0.4, 0.5) is 0 Å². The zero-order valence-corrected chi connectivity index (χ0v) is 13.1. The third-order valence-electron chi connectivity index (χ3n) is 5.08. The Labute approximate surface area is 126 Å². The van der Waals surface area contributed by atoms with Gasteiger partial charge in [-0.2, -0.15) is 5.10 Å². The van der Waals surface area contributed by atoms with Crippen LogP contribution in [0.5, 0.6) is 0 Å². The first-order valence-electron chi connectivity index (χ1n) is 8.10. The lowest BCUT2D eigenvalue weighted by atomic mass is 9.90. The molecule has 1 aliphatic carbocycles. The molecule has 0 radical (unpaired) electrons. The van der Waals surface area contributed by atoms with Gasteiger partial charge in [-0.3, -0.25) is 9.48 Å². The van der Waals surface area contributed by atoms with E-state index in [9.17, 15) is 4.79 Å². The molecular weight excluding hydrogens is 264 g/mol. The van der Waals surface area contributed by atoms with E-state index in [1.807, 2.05) is 24.1 Å². The van der Waals surface area contributed by atoms with Crippen molar-refractivity contribution < 1.29 is 4.79 Å². The standard InChI is InChI=1S/C16H26N4O/c1-3-4-16(5-6-16)11-18-15(21)14-9-17-8-13(14)12-7-19-20(2)10-12/h7,10,13-14,17H,3-6,8-9,11H2,1-2H3,(H,18,21)/t13-,14+/m1/s1. The molecule has 5 heteroatoms. The van der Waals surface area contributed by atoms with Crippen molar-refractivity contribution >= 4 is 5.91 Å². The minimum Gasteiger partial charge on any atom is -0.355 e. The van der Waals surface area contributed by atoms with E-state index in [0.717, 1.165) is 25.2 Å². The van der Waals surface area contributed by atoms with Crippen molar-refractivity contribution in [2.24, 2.45) is 18.4 Å². The first-order chi connectivity index (χ1) is 10.1. The van der Waals surface area contributed by atoms with Crippen molar-refractivity contribution in [1.82, 2.24) is 20.4 Å². The molecule has 1 saturated heterocycles. The van der Waals surface area contributed by atoms with Crippen LogP contribution in [0, 0.1) is 11.3 Å². The van der Waals surface area contributed by atoms with Gasteiger partial charge in [-0.05, 0) is 30.2 Å². The highest BCUT2D eigenvalue weighted by molar-refractivity contribution is 5.80. The summed E-state index contributed by atoms with van der Waals surface area (Å²) in [6.07, 6.45) is 8.91. The minimum absolute atomic E-state index is 0.0339. The number of nitrogens with zero attached hydrogens (tertiary/aromatic N) is 2. The molecule has 1 amide bonds. The van der Waals surface area contributed by atoms with Gasteiger partial charge in [0.1, 0.15) is 0 Å². The molecule has 2 fully saturated rings. The van der Waals surface area contributed by atoms with Gasteiger partial charge < -0.3 is 10.6 Å². The third kappa shape index (κ3) is 3.12. The number of aryl methyl sites for hydroxylation is 1. The Morgan fingerprint density at radius 3 is 2.95 bits per heavy atom. The molecule has 1 saturated carbocycles. The van der Waals surface area contributed by atoms with Gasteiger partial charge >= 0.3 is 0 Å². The van der Waals surface area contributed by atoms with Gasteiger partial charge in [0.25, 0.3) is 0 Å². The summed E-state index contributed by atoms with van der Waals surface area (Å²) >= 11 is 0. The molecule has 2 heterocycles. The van der Waals surface area contributed by atoms with Gasteiger partial charge in [0, 0.05) is 38.8 Å². The molecule has 0 aromatic carbocycles. The second-order valence-corrected chi connectivity index (χ2v) is 6.79. The topological polar surface area (TPSA) is 59.0 Å². The highest BCUT2D eigenvalue weighted by Gasteiger charge is 2.42. The largest absolute Gasteiger partial charge is 0.355 e. The maximum Gasteiger partial charge on any atom is 0.225 e. The maximum absolute atomic E-state index is 12.5. The Hall–Kier alpha value is -1.36. The molecular formula is C16H26N4O. The van der Waals surface area contributed by atoms with Gasteiger partial charge in [0.15, 0.2) is 0 Å². The van der Waals surface area contributed by atoms with Crippen LogP contribution in [-0.2, 0) is 11.8 Å². The van der Waals surface area contributed by atoms with Crippen molar-refractivity contribution in [1.29, 1.82) is 0 Å². The molecule has 2 atom stereocenters. The molecule has 0 bridgehead atoms. The number of rotatable bonds is 6. The molecule has 0 unspecified atom stereocenters.